The second kappa shape index (κ2) is 5.85. The summed E-state index contributed by atoms with van der Waals surface area (Å²) in [7, 11) is 0. The van der Waals surface area contributed by atoms with Gasteiger partial charge in [0.1, 0.15) is 11.2 Å². The Kier molecular flexibility index (Phi) is 3.29. The second-order valence-corrected chi connectivity index (χ2v) is 7.53. The van der Waals surface area contributed by atoms with Gasteiger partial charge in [-0.2, -0.15) is 0 Å². The molecule has 0 atom stereocenters. The largest absolute Gasteiger partial charge is 0.455 e. The van der Waals surface area contributed by atoms with Gasteiger partial charge in [-0.3, -0.25) is 0 Å². The Bertz CT molecular complexity index is 1520. The highest BCUT2D eigenvalue weighted by molar-refractivity contribution is 6.38. The molecule has 0 saturated heterocycles. The van der Waals surface area contributed by atoms with Crippen LogP contribution in [0.25, 0.3) is 54.6 Å². The Labute approximate surface area is 166 Å². The van der Waals surface area contributed by atoms with Crippen LogP contribution in [-0.2, 0) is 0 Å². The fraction of sp³-hybridized carbons (Fsp3) is 0. The third kappa shape index (κ3) is 2.20. The van der Waals surface area contributed by atoms with Crippen molar-refractivity contribution in [2.24, 2.45) is 0 Å². The Morgan fingerprint density at radius 2 is 1.39 bits per heavy atom. The molecule has 0 saturated carbocycles. The molecule has 1 heterocycles. The summed E-state index contributed by atoms with van der Waals surface area (Å²) in [6.07, 6.45) is 0. The zero-order valence-corrected chi connectivity index (χ0v) is 15.7. The number of benzene rings is 5. The van der Waals surface area contributed by atoms with E-state index in [1.807, 2.05) is 18.2 Å². The van der Waals surface area contributed by atoms with Crippen molar-refractivity contribution in [1.29, 1.82) is 0 Å². The van der Waals surface area contributed by atoms with E-state index >= 15 is 0 Å². The van der Waals surface area contributed by atoms with Crippen LogP contribution in [0.5, 0.6) is 0 Å². The Hall–Kier alpha value is -3.29. The zero-order chi connectivity index (χ0) is 18.7. The van der Waals surface area contributed by atoms with Crippen LogP contribution in [0.2, 0.25) is 5.02 Å². The van der Waals surface area contributed by atoms with Gasteiger partial charge >= 0.3 is 0 Å². The minimum absolute atomic E-state index is 0.719. The lowest BCUT2D eigenvalue weighted by Gasteiger charge is -2.09. The molecule has 28 heavy (non-hydrogen) atoms. The monoisotopic (exact) mass is 378 g/mol. The minimum atomic E-state index is 0.719. The van der Waals surface area contributed by atoms with E-state index in [1.165, 1.54) is 27.3 Å². The van der Waals surface area contributed by atoms with E-state index in [4.69, 9.17) is 16.0 Å². The molecule has 1 nitrogen and oxygen atoms in total. The van der Waals surface area contributed by atoms with Gasteiger partial charge in [-0.05, 0) is 51.6 Å². The molecule has 0 fully saturated rings. The first-order valence-electron chi connectivity index (χ1n) is 9.31. The molecule has 0 aliphatic carbocycles. The molecule has 2 heteroatoms. The van der Waals surface area contributed by atoms with Crippen molar-refractivity contribution in [2.45, 2.75) is 0 Å². The van der Waals surface area contributed by atoms with Crippen molar-refractivity contribution < 1.29 is 4.42 Å². The topological polar surface area (TPSA) is 13.1 Å². The molecule has 132 valence electrons. The molecular weight excluding hydrogens is 364 g/mol. The van der Waals surface area contributed by atoms with E-state index in [1.54, 1.807) is 0 Å². The summed E-state index contributed by atoms with van der Waals surface area (Å²) in [5, 5.41) is 7.52. The highest BCUT2D eigenvalue weighted by Crippen LogP contribution is 2.42. The van der Waals surface area contributed by atoms with Gasteiger partial charge < -0.3 is 4.42 Å². The highest BCUT2D eigenvalue weighted by Gasteiger charge is 2.16. The molecule has 5 aromatic carbocycles. The summed E-state index contributed by atoms with van der Waals surface area (Å²) in [4.78, 5) is 0. The summed E-state index contributed by atoms with van der Waals surface area (Å²) in [6.45, 7) is 0. The van der Waals surface area contributed by atoms with Crippen LogP contribution in [0.4, 0.5) is 0 Å². The van der Waals surface area contributed by atoms with Gasteiger partial charge in [0.25, 0.3) is 0 Å². The summed E-state index contributed by atoms with van der Waals surface area (Å²) >= 11 is 6.55. The average Bonchev–Trinajstić information content (AvgIpc) is 3.13. The van der Waals surface area contributed by atoms with Crippen LogP contribution in [0.15, 0.2) is 95.4 Å². The maximum atomic E-state index is 6.55. The highest BCUT2D eigenvalue weighted by atomic mass is 35.5. The standard InChI is InChI=1S/C26H15ClO/c27-23-10-5-11-24-25(23)22-15-21(19-8-3-4-9-20(19)26(22)28-24)18-13-12-16-6-1-2-7-17(16)14-18/h1-15H. The number of furan rings is 1. The van der Waals surface area contributed by atoms with Gasteiger partial charge in [0.05, 0.1) is 5.02 Å². The molecule has 0 aliphatic rings. The fourth-order valence-electron chi connectivity index (χ4n) is 4.20. The quantitative estimate of drug-likeness (QED) is 0.281. The van der Waals surface area contributed by atoms with Crippen molar-refractivity contribution in [3.63, 3.8) is 0 Å². The lowest BCUT2D eigenvalue weighted by Crippen LogP contribution is -1.84. The summed E-state index contributed by atoms with van der Waals surface area (Å²) in [6, 6.07) is 31.6. The normalized spacial score (nSPS) is 11.8. The fourth-order valence-corrected chi connectivity index (χ4v) is 4.47. The molecule has 6 aromatic rings. The maximum Gasteiger partial charge on any atom is 0.143 e. The Morgan fingerprint density at radius 3 is 2.29 bits per heavy atom. The van der Waals surface area contributed by atoms with Crippen molar-refractivity contribution in [3.05, 3.63) is 96.0 Å². The van der Waals surface area contributed by atoms with Crippen LogP contribution in [0, 0.1) is 0 Å². The molecule has 0 spiro atoms. The molecule has 0 amide bonds. The van der Waals surface area contributed by atoms with Crippen molar-refractivity contribution >= 4 is 55.1 Å². The summed E-state index contributed by atoms with van der Waals surface area (Å²) < 4.78 is 6.22. The van der Waals surface area contributed by atoms with Crippen LogP contribution < -0.4 is 0 Å². The van der Waals surface area contributed by atoms with Crippen molar-refractivity contribution in [1.82, 2.24) is 0 Å². The molecule has 0 N–H and O–H groups in total. The number of rotatable bonds is 1. The molecule has 0 radical (unpaired) electrons. The third-order valence-corrected chi connectivity index (χ3v) is 5.83. The van der Waals surface area contributed by atoms with E-state index in [-0.39, 0.29) is 0 Å². The van der Waals surface area contributed by atoms with E-state index in [9.17, 15) is 0 Å². The van der Waals surface area contributed by atoms with Gasteiger partial charge in [0, 0.05) is 16.2 Å². The van der Waals surface area contributed by atoms with E-state index in [0.717, 1.165) is 32.3 Å². The van der Waals surface area contributed by atoms with Crippen molar-refractivity contribution in [3.8, 4) is 11.1 Å². The van der Waals surface area contributed by atoms with Gasteiger partial charge in [0.2, 0.25) is 0 Å². The summed E-state index contributed by atoms with van der Waals surface area (Å²) in [5.74, 6) is 0. The first-order chi connectivity index (χ1) is 13.8. The molecular formula is C26H15ClO. The molecule has 0 aliphatic heterocycles. The minimum Gasteiger partial charge on any atom is -0.455 e. The molecule has 0 unspecified atom stereocenters. The lowest BCUT2D eigenvalue weighted by molar-refractivity contribution is 0.672. The first-order valence-corrected chi connectivity index (χ1v) is 9.69. The van der Waals surface area contributed by atoms with Gasteiger partial charge in [0.15, 0.2) is 0 Å². The van der Waals surface area contributed by atoms with E-state index in [0.29, 0.717) is 0 Å². The van der Waals surface area contributed by atoms with Crippen LogP contribution in [0.1, 0.15) is 0 Å². The SMILES string of the molecule is Clc1cccc2oc3c4ccccc4c(-c4ccc5ccccc5c4)cc3c12. The van der Waals surface area contributed by atoms with Crippen molar-refractivity contribution in [2.75, 3.05) is 0 Å². The molecule has 1 aromatic heterocycles. The third-order valence-electron chi connectivity index (χ3n) is 5.51. The molecule has 6 rings (SSSR count). The second-order valence-electron chi connectivity index (χ2n) is 7.12. The smallest absolute Gasteiger partial charge is 0.143 e. The predicted molar refractivity (Wildman–Crippen MR) is 119 cm³/mol. The van der Waals surface area contributed by atoms with Crippen LogP contribution in [0.3, 0.4) is 0 Å². The Morgan fingerprint density at radius 1 is 0.607 bits per heavy atom. The number of hydrogen-bond donors (Lipinski definition) is 0. The average molecular weight is 379 g/mol. The molecule has 0 bridgehead atoms. The van der Waals surface area contributed by atoms with Gasteiger partial charge in [-0.25, -0.2) is 0 Å². The van der Waals surface area contributed by atoms with E-state index < -0.39 is 0 Å². The predicted octanol–water partition coefficient (Wildman–Crippen LogP) is 8.21. The Balaban J connectivity index is 1.78. The number of halogens is 1. The van der Waals surface area contributed by atoms with Crippen LogP contribution >= 0.6 is 11.6 Å². The number of hydrogen-bond acceptors (Lipinski definition) is 1. The maximum absolute atomic E-state index is 6.55. The zero-order valence-electron chi connectivity index (χ0n) is 14.9. The van der Waals surface area contributed by atoms with Gasteiger partial charge in [-0.1, -0.05) is 78.3 Å². The van der Waals surface area contributed by atoms with Crippen LogP contribution in [-0.4, -0.2) is 0 Å². The summed E-state index contributed by atoms with van der Waals surface area (Å²) in [5.41, 5.74) is 4.10. The van der Waals surface area contributed by atoms with Gasteiger partial charge in [-0.15, -0.1) is 0 Å². The number of fused-ring (bicyclic) bond motifs is 6. The first kappa shape index (κ1) is 15.7. The van der Waals surface area contributed by atoms with E-state index in [2.05, 4.69) is 72.8 Å². The lowest BCUT2D eigenvalue weighted by atomic mass is 9.94.